The summed E-state index contributed by atoms with van der Waals surface area (Å²) in [6.07, 6.45) is 7.64. The van der Waals surface area contributed by atoms with E-state index in [1.54, 1.807) is 0 Å². The molecular weight excluding hydrogens is 783 g/mol. The Kier molecular flexibility index (Phi) is 13.3. The first-order valence-electron chi connectivity index (χ1n) is 17.8. The van der Waals surface area contributed by atoms with Crippen LogP contribution >= 0.6 is 0 Å². The monoisotopic (exact) mass is 839 g/mol. The Hall–Kier alpha value is -3.27. The van der Waals surface area contributed by atoms with E-state index >= 15 is 0 Å². The van der Waals surface area contributed by atoms with Gasteiger partial charge in [0.1, 0.15) is 16.9 Å². The van der Waals surface area contributed by atoms with Crippen molar-refractivity contribution < 1.29 is 34.4 Å². The molecule has 0 saturated carbocycles. The van der Waals surface area contributed by atoms with Gasteiger partial charge in [0.05, 0.1) is 0 Å². The van der Waals surface area contributed by atoms with Gasteiger partial charge in [0.15, 0.2) is 5.78 Å². The molecule has 2 aromatic heterocycles. The predicted molar refractivity (Wildman–Crippen MR) is 204 cm³/mol. The van der Waals surface area contributed by atoms with Crippen LogP contribution in [0.15, 0.2) is 77.0 Å². The minimum Gasteiger partial charge on any atom is -0.512 e. The number of furan rings is 1. The molecule has 0 fully saturated rings. The van der Waals surface area contributed by atoms with Gasteiger partial charge in [-0.3, -0.25) is 9.78 Å². The van der Waals surface area contributed by atoms with Crippen LogP contribution in [0.4, 0.5) is 0 Å². The van der Waals surface area contributed by atoms with Gasteiger partial charge < -0.3 is 9.52 Å². The number of para-hydroxylation sites is 1. The van der Waals surface area contributed by atoms with Crippen molar-refractivity contribution in [3.8, 4) is 11.3 Å². The molecule has 0 aliphatic heterocycles. The van der Waals surface area contributed by atoms with Gasteiger partial charge in [0, 0.05) is 59.7 Å². The van der Waals surface area contributed by atoms with E-state index in [4.69, 9.17) is 9.40 Å². The zero-order chi connectivity index (χ0) is 35.4. The maximum atomic E-state index is 12.2. The molecule has 265 valence electrons. The summed E-state index contributed by atoms with van der Waals surface area (Å²) in [5.41, 5.74) is 5.64. The van der Waals surface area contributed by atoms with E-state index in [-0.39, 0.29) is 47.9 Å². The molecule has 0 saturated heterocycles. The second kappa shape index (κ2) is 16.2. The summed E-state index contributed by atoms with van der Waals surface area (Å²) >= 11 is 0. The van der Waals surface area contributed by atoms with E-state index in [0.29, 0.717) is 5.92 Å². The van der Waals surface area contributed by atoms with Crippen LogP contribution in [0.2, 0.25) is 0 Å². The van der Waals surface area contributed by atoms with Crippen molar-refractivity contribution in [1.82, 2.24) is 4.98 Å². The standard InChI is InChI=1S/C29H28NO.C15H28O2.Ir/c1-18(2)15-20-10-8-12-23-24-13-14-30-26(28(24)31-27(20)23)21-16-19-9-6-7-11-22(19)25(17-21)29(3,4)5;1-7-14(5,8-2)12(16)11-13(17)15(6,9-3)10-4;/h6-14,17-18H,15H2,1-5H3;11,16H,7-10H2,1-6H3;/q-1;;/b;12-11-;. The molecule has 0 amide bonds. The number of aliphatic hydroxyl groups is 1. The number of aromatic nitrogens is 1. The maximum Gasteiger partial charge on any atom is 0.164 e. The second-order valence-corrected chi connectivity index (χ2v) is 15.4. The average Bonchev–Trinajstić information content (AvgIpc) is 3.46. The Labute approximate surface area is 308 Å². The van der Waals surface area contributed by atoms with E-state index in [0.717, 1.165) is 70.7 Å². The molecule has 1 N–H and O–H groups in total. The predicted octanol–water partition coefficient (Wildman–Crippen LogP) is 12.7. The zero-order valence-corrected chi connectivity index (χ0v) is 33.9. The second-order valence-electron chi connectivity index (χ2n) is 15.4. The molecule has 5 heteroatoms. The topological polar surface area (TPSA) is 63.3 Å². The Balaban J connectivity index is 0.000000312. The van der Waals surface area contributed by atoms with Gasteiger partial charge in [-0.2, -0.15) is 0 Å². The SMILES string of the molecule is CC(C)Cc1cccc2c1oc1c(-c3[c-]c4ccccc4c(C(C)(C)C)c3)nccc12.CCC(C)(CC)C(=O)/C=C(\O)C(C)(CC)CC.[Ir]. The van der Waals surface area contributed by atoms with Crippen LogP contribution in [0.25, 0.3) is 44.0 Å². The van der Waals surface area contributed by atoms with E-state index in [9.17, 15) is 9.90 Å². The number of benzene rings is 3. The number of pyridine rings is 1. The van der Waals surface area contributed by atoms with Crippen molar-refractivity contribution in [3.05, 3.63) is 89.8 Å². The van der Waals surface area contributed by atoms with Crippen LogP contribution in [0.3, 0.4) is 0 Å². The van der Waals surface area contributed by atoms with Crippen LogP contribution in [0.5, 0.6) is 0 Å². The van der Waals surface area contributed by atoms with Crippen molar-refractivity contribution in [3.63, 3.8) is 0 Å². The molecular formula is C44H56IrNO3-. The molecule has 3 aromatic carbocycles. The van der Waals surface area contributed by atoms with Gasteiger partial charge in [0.2, 0.25) is 0 Å². The van der Waals surface area contributed by atoms with Gasteiger partial charge in [0.25, 0.3) is 0 Å². The Morgan fingerprint density at radius 2 is 1.43 bits per heavy atom. The van der Waals surface area contributed by atoms with E-state index in [1.165, 1.54) is 22.6 Å². The fraction of sp³-hybridized carbons (Fsp3) is 0.455. The summed E-state index contributed by atoms with van der Waals surface area (Å²) in [5.74, 6) is 0.855. The number of fused-ring (bicyclic) bond motifs is 4. The quantitative estimate of drug-likeness (QED) is 0.0864. The van der Waals surface area contributed by atoms with Gasteiger partial charge in [-0.05, 0) is 55.1 Å². The van der Waals surface area contributed by atoms with Crippen LogP contribution < -0.4 is 0 Å². The summed E-state index contributed by atoms with van der Waals surface area (Å²) in [6, 6.07) is 22.9. The van der Waals surface area contributed by atoms with E-state index in [1.807, 2.05) is 47.7 Å². The number of hydrogen-bond donors (Lipinski definition) is 1. The number of carbonyl (C=O) groups is 1. The molecule has 0 atom stereocenters. The zero-order valence-electron chi connectivity index (χ0n) is 31.5. The molecule has 0 bridgehead atoms. The van der Waals surface area contributed by atoms with Crippen molar-refractivity contribution in [2.75, 3.05) is 0 Å². The number of rotatable bonds is 10. The Morgan fingerprint density at radius 3 is 2.02 bits per heavy atom. The molecule has 0 aliphatic rings. The van der Waals surface area contributed by atoms with Crippen LogP contribution in [0, 0.1) is 22.8 Å². The third-order valence-electron chi connectivity index (χ3n) is 10.6. The summed E-state index contributed by atoms with van der Waals surface area (Å²) in [6.45, 7) is 23.3. The van der Waals surface area contributed by atoms with E-state index < -0.39 is 0 Å². The minimum absolute atomic E-state index is 0. The smallest absolute Gasteiger partial charge is 0.164 e. The maximum absolute atomic E-state index is 12.2. The molecule has 5 aromatic rings. The molecule has 2 heterocycles. The van der Waals surface area contributed by atoms with Gasteiger partial charge >= 0.3 is 0 Å². The Bertz CT molecular complexity index is 1920. The first kappa shape index (κ1) is 40.2. The molecule has 5 rings (SSSR count). The summed E-state index contributed by atoms with van der Waals surface area (Å²) in [5, 5.41) is 14.8. The van der Waals surface area contributed by atoms with Crippen LogP contribution in [-0.4, -0.2) is 15.9 Å². The summed E-state index contributed by atoms with van der Waals surface area (Å²) in [4.78, 5) is 16.9. The van der Waals surface area contributed by atoms with Gasteiger partial charge in [-0.25, -0.2) is 0 Å². The average molecular weight is 839 g/mol. The van der Waals surface area contributed by atoms with Crippen LogP contribution in [-0.2, 0) is 36.7 Å². The summed E-state index contributed by atoms with van der Waals surface area (Å²) < 4.78 is 6.53. The number of allylic oxidation sites excluding steroid dienone is 2. The molecule has 0 spiro atoms. The fourth-order valence-electron chi connectivity index (χ4n) is 6.24. The molecule has 4 nitrogen and oxygen atoms in total. The van der Waals surface area contributed by atoms with Crippen LogP contribution in [0.1, 0.15) is 113 Å². The fourth-order valence-corrected chi connectivity index (χ4v) is 6.24. The Morgan fingerprint density at radius 1 is 0.837 bits per heavy atom. The van der Waals surface area contributed by atoms with E-state index in [2.05, 4.69) is 95.3 Å². The van der Waals surface area contributed by atoms with Gasteiger partial charge in [-0.15, -0.1) is 29.1 Å². The first-order valence-corrected chi connectivity index (χ1v) is 17.8. The van der Waals surface area contributed by atoms with Crippen molar-refractivity contribution >= 4 is 38.5 Å². The molecule has 0 aliphatic carbocycles. The third kappa shape index (κ3) is 8.55. The third-order valence-corrected chi connectivity index (χ3v) is 10.6. The minimum atomic E-state index is -0.337. The van der Waals surface area contributed by atoms with Gasteiger partial charge in [-0.1, -0.05) is 124 Å². The first-order chi connectivity index (χ1) is 22.6. The number of aliphatic hydroxyl groups excluding tert-OH is 1. The number of carbonyl (C=O) groups excluding carboxylic acids is 1. The van der Waals surface area contributed by atoms with Crippen molar-refractivity contribution in [1.29, 1.82) is 0 Å². The normalized spacial score (nSPS) is 12.7. The number of ketones is 1. The number of hydrogen-bond acceptors (Lipinski definition) is 4. The van der Waals surface area contributed by atoms with Crippen molar-refractivity contribution in [2.45, 2.75) is 114 Å². The largest absolute Gasteiger partial charge is 0.512 e. The number of nitrogens with zero attached hydrogens (tertiary/aromatic N) is 1. The molecule has 0 unspecified atom stereocenters. The molecule has 1 radical (unpaired) electrons. The molecule has 49 heavy (non-hydrogen) atoms. The van der Waals surface area contributed by atoms with Crippen molar-refractivity contribution in [2.24, 2.45) is 16.7 Å². The summed E-state index contributed by atoms with van der Waals surface area (Å²) in [7, 11) is 0.